The third kappa shape index (κ3) is 3.44. The van der Waals surface area contributed by atoms with Gasteiger partial charge in [0.15, 0.2) is 0 Å². The van der Waals surface area contributed by atoms with Crippen molar-refractivity contribution >= 4 is 27.8 Å². The lowest BCUT2D eigenvalue weighted by Crippen LogP contribution is -2.26. The van der Waals surface area contributed by atoms with E-state index in [-0.39, 0.29) is 18.9 Å². The molecule has 3 aromatic rings. The van der Waals surface area contributed by atoms with Gasteiger partial charge in [-0.1, -0.05) is 0 Å². The van der Waals surface area contributed by atoms with E-state index in [0.29, 0.717) is 30.5 Å². The molecule has 0 fully saturated rings. The average molecular weight is 383 g/mol. The summed E-state index contributed by atoms with van der Waals surface area (Å²) in [5, 5.41) is 13.5. The summed E-state index contributed by atoms with van der Waals surface area (Å²) in [5.74, 6) is 0.919. The molecule has 6 nitrogen and oxygen atoms in total. The van der Waals surface area contributed by atoms with Crippen molar-refractivity contribution < 1.29 is 18.7 Å². The number of hydrogen-bond acceptors (Lipinski definition) is 5. The number of benzene rings is 1. The van der Waals surface area contributed by atoms with Gasteiger partial charge >= 0.3 is 5.63 Å². The third-order valence-electron chi connectivity index (χ3n) is 5.62. The van der Waals surface area contributed by atoms with E-state index in [2.05, 4.69) is 11.4 Å². The molecule has 0 saturated heterocycles. The van der Waals surface area contributed by atoms with E-state index in [9.17, 15) is 9.59 Å². The number of amides is 1. The first-order chi connectivity index (χ1) is 13.6. The summed E-state index contributed by atoms with van der Waals surface area (Å²) in [6.45, 7) is 2.39. The van der Waals surface area contributed by atoms with Gasteiger partial charge in [-0.15, -0.1) is 0 Å². The zero-order valence-corrected chi connectivity index (χ0v) is 16.1. The fourth-order valence-electron chi connectivity index (χ4n) is 4.07. The van der Waals surface area contributed by atoms with Crippen LogP contribution in [0.1, 0.15) is 48.1 Å². The van der Waals surface area contributed by atoms with E-state index in [0.717, 1.165) is 46.9 Å². The van der Waals surface area contributed by atoms with Crippen LogP contribution in [0.2, 0.25) is 0 Å². The summed E-state index contributed by atoms with van der Waals surface area (Å²) in [5.41, 5.74) is 3.58. The van der Waals surface area contributed by atoms with Gasteiger partial charge in [-0.2, -0.15) is 0 Å². The molecule has 2 N–H and O–H groups in total. The Hall–Kier alpha value is -2.60. The molecule has 0 bridgehead atoms. The van der Waals surface area contributed by atoms with E-state index in [1.165, 1.54) is 12.0 Å². The maximum Gasteiger partial charge on any atom is 0.339 e. The topological polar surface area (TPSA) is 92.7 Å². The number of rotatable bonds is 6. The van der Waals surface area contributed by atoms with Gasteiger partial charge in [0.05, 0.1) is 0 Å². The second-order valence-electron chi connectivity index (χ2n) is 7.48. The van der Waals surface area contributed by atoms with Gasteiger partial charge in [-0.25, -0.2) is 4.79 Å². The van der Waals surface area contributed by atoms with E-state index in [1.54, 1.807) is 0 Å². The van der Waals surface area contributed by atoms with Crippen molar-refractivity contribution in [3.05, 3.63) is 45.0 Å². The highest BCUT2D eigenvalue weighted by Crippen LogP contribution is 2.35. The molecule has 0 aliphatic heterocycles. The van der Waals surface area contributed by atoms with Crippen molar-refractivity contribution in [2.24, 2.45) is 0 Å². The SMILES string of the molecule is Cc1c(CCC(=O)NCCCO)c(=O)oc2cc3oc4c(c3cc12)CCCC4. The Morgan fingerprint density at radius 1 is 1.14 bits per heavy atom. The Morgan fingerprint density at radius 2 is 1.93 bits per heavy atom. The number of carbonyl (C=O) groups is 1. The summed E-state index contributed by atoms with van der Waals surface area (Å²) in [7, 11) is 0. The van der Waals surface area contributed by atoms with Crippen molar-refractivity contribution in [1.29, 1.82) is 0 Å². The van der Waals surface area contributed by atoms with Crippen LogP contribution >= 0.6 is 0 Å². The summed E-state index contributed by atoms with van der Waals surface area (Å²) in [6.07, 6.45) is 5.35. The molecule has 0 atom stereocenters. The van der Waals surface area contributed by atoms with Gasteiger partial charge in [-0.3, -0.25) is 4.79 Å². The first-order valence-corrected chi connectivity index (χ1v) is 9.96. The fraction of sp³-hybridized carbons (Fsp3) is 0.455. The zero-order chi connectivity index (χ0) is 19.7. The number of aryl methyl sites for hydroxylation is 3. The van der Waals surface area contributed by atoms with Gasteiger partial charge in [0.2, 0.25) is 5.91 Å². The fourth-order valence-corrected chi connectivity index (χ4v) is 4.07. The molecule has 6 heteroatoms. The van der Waals surface area contributed by atoms with Crippen LogP contribution in [0.4, 0.5) is 0 Å². The highest BCUT2D eigenvalue weighted by Gasteiger charge is 2.20. The normalized spacial score (nSPS) is 13.8. The second kappa shape index (κ2) is 7.80. The molecule has 1 aliphatic rings. The largest absolute Gasteiger partial charge is 0.461 e. The van der Waals surface area contributed by atoms with E-state index < -0.39 is 5.63 Å². The number of aliphatic hydroxyl groups excluding tert-OH is 1. The minimum Gasteiger partial charge on any atom is -0.461 e. The molecule has 28 heavy (non-hydrogen) atoms. The Kier molecular flexibility index (Phi) is 5.22. The van der Waals surface area contributed by atoms with Crippen molar-refractivity contribution in [2.45, 2.75) is 51.9 Å². The zero-order valence-electron chi connectivity index (χ0n) is 16.1. The van der Waals surface area contributed by atoms with Crippen molar-refractivity contribution in [1.82, 2.24) is 5.32 Å². The molecule has 2 aromatic heterocycles. The molecule has 2 heterocycles. The lowest BCUT2D eigenvalue weighted by molar-refractivity contribution is -0.121. The Bertz CT molecular complexity index is 1090. The molecule has 0 unspecified atom stereocenters. The lowest BCUT2D eigenvalue weighted by Gasteiger charge is -2.10. The van der Waals surface area contributed by atoms with E-state index in [1.807, 2.05) is 13.0 Å². The van der Waals surface area contributed by atoms with Crippen LogP contribution in [0.3, 0.4) is 0 Å². The minimum absolute atomic E-state index is 0.0415. The maximum atomic E-state index is 12.5. The molecule has 148 valence electrons. The molecule has 1 aromatic carbocycles. The first-order valence-electron chi connectivity index (χ1n) is 9.96. The highest BCUT2D eigenvalue weighted by molar-refractivity contribution is 5.97. The summed E-state index contributed by atoms with van der Waals surface area (Å²) >= 11 is 0. The summed E-state index contributed by atoms with van der Waals surface area (Å²) in [6, 6.07) is 3.89. The Morgan fingerprint density at radius 3 is 2.75 bits per heavy atom. The van der Waals surface area contributed by atoms with Crippen LogP contribution in [0.15, 0.2) is 25.8 Å². The van der Waals surface area contributed by atoms with Crippen molar-refractivity contribution in [2.75, 3.05) is 13.2 Å². The van der Waals surface area contributed by atoms with Crippen molar-refractivity contribution in [3.63, 3.8) is 0 Å². The molecule has 0 saturated carbocycles. The van der Waals surface area contributed by atoms with Crippen LogP contribution in [0, 0.1) is 6.92 Å². The smallest absolute Gasteiger partial charge is 0.339 e. The van der Waals surface area contributed by atoms with Gasteiger partial charge in [-0.05, 0) is 50.7 Å². The van der Waals surface area contributed by atoms with Crippen LogP contribution in [0.25, 0.3) is 21.9 Å². The summed E-state index contributed by atoms with van der Waals surface area (Å²) < 4.78 is 11.6. The van der Waals surface area contributed by atoms with Crippen molar-refractivity contribution in [3.8, 4) is 0 Å². The van der Waals surface area contributed by atoms with Crippen LogP contribution in [-0.4, -0.2) is 24.2 Å². The van der Waals surface area contributed by atoms with Crippen LogP contribution < -0.4 is 10.9 Å². The van der Waals surface area contributed by atoms with Gasteiger partial charge in [0.25, 0.3) is 0 Å². The average Bonchev–Trinajstić information content (AvgIpc) is 3.04. The Balaban J connectivity index is 1.67. The molecular formula is C22H25NO5. The molecule has 4 rings (SSSR count). The number of fused-ring (bicyclic) bond motifs is 4. The van der Waals surface area contributed by atoms with E-state index >= 15 is 0 Å². The highest BCUT2D eigenvalue weighted by atomic mass is 16.4. The predicted octanol–water partition coefficient (Wildman–Crippen LogP) is 3.16. The molecule has 1 aliphatic carbocycles. The van der Waals surface area contributed by atoms with Crippen LogP contribution in [-0.2, 0) is 24.1 Å². The molecular weight excluding hydrogens is 358 g/mol. The Labute approximate surface area is 162 Å². The monoisotopic (exact) mass is 383 g/mol. The molecule has 0 spiro atoms. The quantitative estimate of drug-likeness (QED) is 0.504. The number of nitrogens with one attached hydrogen (secondary N) is 1. The van der Waals surface area contributed by atoms with Crippen LogP contribution in [0.5, 0.6) is 0 Å². The molecule has 1 amide bonds. The maximum absolute atomic E-state index is 12.5. The summed E-state index contributed by atoms with van der Waals surface area (Å²) in [4.78, 5) is 24.4. The first kappa shape index (κ1) is 18.7. The standard InChI is InChI=1S/C22H25NO5/c1-13-14(7-8-21(25)23-9-4-10-24)22(26)28-19-12-20-17(11-16(13)19)15-5-2-3-6-18(15)27-20/h11-12,24H,2-10H2,1H3,(H,23,25). The second-order valence-corrected chi connectivity index (χ2v) is 7.48. The number of aliphatic hydroxyl groups is 1. The van der Waals surface area contributed by atoms with E-state index in [4.69, 9.17) is 13.9 Å². The third-order valence-corrected chi connectivity index (χ3v) is 5.62. The number of furan rings is 1. The van der Waals surface area contributed by atoms with Gasteiger partial charge in [0, 0.05) is 54.0 Å². The minimum atomic E-state index is -0.399. The van der Waals surface area contributed by atoms with Gasteiger partial charge < -0.3 is 19.3 Å². The predicted molar refractivity (Wildman–Crippen MR) is 107 cm³/mol. The van der Waals surface area contributed by atoms with Gasteiger partial charge in [0.1, 0.15) is 16.9 Å². The molecule has 0 radical (unpaired) electrons. The number of carbonyl (C=O) groups excluding carboxylic acids is 1. The number of hydrogen-bond donors (Lipinski definition) is 2. The lowest BCUT2D eigenvalue weighted by atomic mass is 9.94.